The van der Waals surface area contributed by atoms with Crippen molar-refractivity contribution in [1.82, 2.24) is 0 Å². The highest BCUT2D eigenvalue weighted by Gasteiger charge is 1.93. The van der Waals surface area contributed by atoms with E-state index in [0.717, 1.165) is 18.1 Å². The third kappa shape index (κ3) is 5.85. The van der Waals surface area contributed by atoms with Crippen LogP contribution in [0.3, 0.4) is 0 Å². The third-order valence-corrected chi connectivity index (χ3v) is 2.65. The maximum atomic E-state index is 5.58. The van der Waals surface area contributed by atoms with Crippen LogP contribution >= 0.6 is 12.6 Å². The molecule has 0 heterocycles. The molecule has 1 rings (SSSR count). The molecular weight excluding hydrogens is 204 g/mol. The first-order valence-electron chi connectivity index (χ1n) is 5.68. The van der Waals surface area contributed by atoms with Gasteiger partial charge in [0.2, 0.25) is 0 Å². The van der Waals surface area contributed by atoms with Gasteiger partial charge in [0, 0.05) is 11.5 Å². The number of ether oxygens (including phenoxy) is 1. The summed E-state index contributed by atoms with van der Waals surface area (Å²) < 4.78 is 5.58. The molecule has 0 fully saturated rings. The Labute approximate surface area is 98.3 Å². The van der Waals surface area contributed by atoms with Crippen LogP contribution in [0, 0.1) is 0 Å². The van der Waals surface area contributed by atoms with Crippen molar-refractivity contribution in [3.63, 3.8) is 0 Å². The van der Waals surface area contributed by atoms with Gasteiger partial charge in [0.1, 0.15) is 0 Å². The average molecular weight is 224 g/mol. The van der Waals surface area contributed by atoms with Crippen molar-refractivity contribution in [2.75, 3.05) is 6.61 Å². The summed E-state index contributed by atoms with van der Waals surface area (Å²) in [7, 11) is 0. The lowest BCUT2D eigenvalue weighted by Gasteiger charge is -2.04. The molecule has 2 heteroatoms. The molecule has 0 aliphatic heterocycles. The molecule has 0 aliphatic carbocycles. The summed E-state index contributed by atoms with van der Waals surface area (Å²) in [5.41, 5.74) is 1.23. The highest BCUT2D eigenvalue weighted by molar-refractivity contribution is 7.80. The SMILES string of the molecule is CCCCCCOCc1ccc(S)cc1. The first kappa shape index (κ1) is 12.6. The molecule has 0 saturated heterocycles. The molecule has 0 aliphatic rings. The van der Waals surface area contributed by atoms with Crippen LogP contribution in [-0.2, 0) is 11.3 Å². The van der Waals surface area contributed by atoms with Crippen molar-refractivity contribution in [2.45, 2.75) is 44.1 Å². The summed E-state index contributed by atoms with van der Waals surface area (Å²) in [6.45, 7) is 3.82. The third-order valence-electron chi connectivity index (χ3n) is 2.35. The largest absolute Gasteiger partial charge is 0.377 e. The van der Waals surface area contributed by atoms with E-state index >= 15 is 0 Å². The fourth-order valence-corrected chi connectivity index (χ4v) is 1.56. The maximum Gasteiger partial charge on any atom is 0.0716 e. The summed E-state index contributed by atoms with van der Waals surface area (Å²) in [5.74, 6) is 0. The number of thiol groups is 1. The molecule has 0 saturated carbocycles. The zero-order chi connectivity index (χ0) is 10.9. The monoisotopic (exact) mass is 224 g/mol. The number of hydrogen-bond donors (Lipinski definition) is 1. The van der Waals surface area contributed by atoms with Gasteiger partial charge in [-0.3, -0.25) is 0 Å². The predicted octanol–water partition coefficient (Wildman–Crippen LogP) is 4.07. The first-order valence-corrected chi connectivity index (χ1v) is 6.13. The van der Waals surface area contributed by atoms with Crippen molar-refractivity contribution in [3.05, 3.63) is 29.8 Å². The molecule has 0 bridgehead atoms. The van der Waals surface area contributed by atoms with E-state index in [0.29, 0.717) is 0 Å². The quantitative estimate of drug-likeness (QED) is 0.542. The van der Waals surface area contributed by atoms with Gasteiger partial charge in [-0.25, -0.2) is 0 Å². The fourth-order valence-electron chi connectivity index (χ4n) is 1.41. The van der Waals surface area contributed by atoms with E-state index in [4.69, 9.17) is 4.74 Å². The molecular formula is C13H20OS. The molecule has 15 heavy (non-hydrogen) atoms. The second kappa shape index (κ2) is 7.77. The lowest BCUT2D eigenvalue weighted by Crippen LogP contribution is -1.95. The molecule has 1 aromatic rings. The summed E-state index contributed by atoms with van der Waals surface area (Å²) in [5, 5.41) is 0. The van der Waals surface area contributed by atoms with Crippen LogP contribution in [0.5, 0.6) is 0 Å². The number of hydrogen-bond acceptors (Lipinski definition) is 2. The Morgan fingerprint density at radius 3 is 2.47 bits per heavy atom. The van der Waals surface area contributed by atoms with Crippen LogP contribution in [0.15, 0.2) is 29.2 Å². The molecule has 1 aromatic carbocycles. The van der Waals surface area contributed by atoms with Crippen molar-refractivity contribution in [3.8, 4) is 0 Å². The van der Waals surface area contributed by atoms with E-state index in [1.165, 1.54) is 31.2 Å². The molecule has 0 atom stereocenters. The van der Waals surface area contributed by atoms with Crippen LogP contribution in [0.4, 0.5) is 0 Å². The van der Waals surface area contributed by atoms with Crippen molar-refractivity contribution in [1.29, 1.82) is 0 Å². The molecule has 1 nitrogen and oxygen atoms in total. The van der Waals surface area contributed by atoms with E-state index in [1.54, 1.807) is 0 Å². The Morgan fingerprint density at radius 1 is 1.07 bits per heavy atom. The number of unbranched alkanes of at least 4 members (excludes halogenated alkanes) is 3. The van der Waals surface area contributed by atoms with E-state index in [9.17, 15) is 0 Å². The van der Waals surface area contributed by atoms with Crippen molar-refractivity contribution in [2.24, 2.45) is 0 Å². The second-order valence-corrected chi connectivity index (χ2v) is 4.30. The Balaban J connectivity index is 2.07. The minimum atomic E-state index is 0.722. The second-order valence-electron chi connectivity index (χ2n) is 3.78. The average Bonchev–Trinajstić information content (AvgIpc) is 2.26. The van der Waals surface area contributed by atoms with Gasteiger partial charge in [-0.2, -0.15) is 0 Å². The Bertz CT molecular complexity index is 256. The van der Waals surface area contributed by atoms with E-state index in [-0.39, 0.29) is 0 Å². The Hall–Kier alpha value is -0.470. The van der Waals surface area contributed by atoms with E-state index in [2.05, 4.69) is 31.7 Å². The van der Waals surface area contributed by atoms with E-state index in [1.807, 2.05) is 12.1 Å². The van der Waals surface area contributed by atoms with Gasteiger partial charge in [0.05, 0.1) is 6.61 Å². The highest BCUT2D eigenvalue weighted by Crippen LogP contribution is 2.09. The topological polar surface area (TPSA) is 9.23 Å². The molecule has 0 aromatic heterocycles. The van der Waals surface area contributed by atoms with Crippen LogP contribution in [-0.4, -0.2) is 6.61 Å². The molecule has 0 spiro atoms. The molecule has 84 valence electrons. The fraction of sp³-hybridized carbons (Fsp3) is 0.538. The van der Waals surface area contributed by atoms with Gasteiger partial charge in [0.15, 0.2) is 0 Å². The van der Waals surface area contributed by atoms with Gasteiger partial charge in [0.25, 0.3) is 0 Å². The van der Waals surface area contributed by atoms with Crippen LogP contribution in [0.25, 0.3) is 0 Å². The summed E-state index contributed by atoms with van der Waals surface area (Å²) in [6, 6.07) is 8.13. The maximum absolute atomic E-state index is 5.58. The Kier molecular flexibility index (Phi) is 6.53. The minimum absolute atomic E-state index is 0.722. The van der Waals surface area contributed by atoms with E-state index < -0.39 is 0 Å². The molecule has 0 amide bonds. The van der Waals surface area contributed by atoms with Crippen LogP contribution in [0.1, 0.15) is 38.2 Å². The zero-order valence-electron chi connectivity index (χ0n) is 9.41. The lowest BCUT2D eigenvalue weighted by atomic mass is 10.2. The summed E-state index contributed by atoms with van der Waals surface area (Å²) in [4.78, 5) is 1.00. The Morgan fingerprint density at radius 2 is 1.80 bits per heavy atom. The van der Waals surface area contributed by atoms with Gasteiger partial charge in [-0.05, 0) is 24.1 Å². The molecule has 0 radical (unpaired) electrons. The van der Waals surface area contributed by atoms with Crippen molar-refractivity contribution >= 4 is 12.6 Å². The number of benzene rings is 1. The predicted molar refractivity (Wildman–Crippen MR) is 67.5 cm³/mol. The van der Waals surface area contributed by atoms with Gasteiger partial charge >= 0.3 is 0 Å². The van der Waals surface area contributed by atoms with Crippen LogP contribution in [0.2, 0.25) is 0 Å². The zero-order valence-corrected chi connectivity index (χ0v) is 10.3. The standard InChI is InChI=1S/C13H20OS/c1-2-3-4-5-10-14-11-12-6-8-13(15)9-7-12/h6-9,15H,2-5,10-11H2,1H3. The van der Waals surface area contributed by atoms with Crippen LogP contribution < -0.4 is 0 Å². The minimum Gasteiger partial charge on any atom is -0.377 e. The summed E-state index contributed by atoms with van der Waals surface area (Å²) >= 11 is 4.24. The normalized spacial score (nSPS) is 10.5. The molecule has 0 N–H and O–H groups in total. The van der Waals surface area contributed by atoms with Gasteiger partial charge < -0.3 is 4.74 Å². The first-order chi connectivity index (χ1) is 7.33. The smallest absolute Gasteiger partial charge is 0.0716 e. The highest BCUT2D eigenvalue weighted by atomic mass is 32.1. The van der Waals surface area contributed by atoms with Gasteiger partial charge in [-0.1, -0.05) is 38.3 Å². The van der Waals surface area contributed by atoms with Crippen molar-refractivity contribution < 1.29 is 4.74 Å². The number of rotatable bonds is 7. The molecule has 0 unspecified atom stereocenters. The summed E-state index contributed by atoms with van der Waals surface area (Å²) in [6.07, 6.45) is 5.06. The lowest BCUT2D eigenvalue weighted by molar-refractivity contribution is 0.117. The van der Waals surface area contributed by atoms with Gasteiger partial charge in [-0.15, -0.1) is 12.6 Å².